The molecule has 3 heterocycles. The SMILES string of the molecule is COc1cc(C(=O)N2CCC(c3cnc(N)cc3OC)CC2)ncc1O[C@H](C)C1CC1. The molecule has 2 aromatic heterocycles. The highest BCUT2D eigenvalue weighted by atomic mass is 16.5. The molecule has 31 heavy (non-hydrogen) atoms. The second-order valence-corrected chi connectivity index (χ2v) is 8.30. The fourth-order valence-corrected chi connectivity index (χ4v) is 4.15. The minimum absolute atomic E-state index is 0.0964. The van der Waals surface area contributed by atoms with Crippen LogP contribution >= 0.6 is 0 Å². The Morgan fingerprint density at radius 1 is 1.03 bits per heavy atom. The molecule has 8 nitrogen and oxygen atoms in total. The summed E-state index contributed by atoms with van der Waals surface area (Å²) < 4.78 is 16.9. The van der Waals surface area contributed by atoms with E-state index < -0.39 is 0 Å². The van der Waals surface area contributed by atoms with E-state index in [-0.39, 0.29) is 17.9 Å². The van der Waals surface area contributed by atoms with Crippen LogP contribution in [0, 0.1) is 5.92 Å². The van der Waals surface area contributed by atoms with E-state index in [1.165, 1.54) is 12.8 Å². The molecule has 4 rings (SSSR count). The van der Waals surface area contributed by atoms with Gasteiger partial charge < -0.3 is 24.8 Å². The van der Waals surface area contributed by atoms with Gasteiger partial charge in [0.15, 0.2) is 11.5 Å². The molecule has 0 aromatic carbocycles. The predicted molar refractivity (Wildman–Crippen MR) is 117 cm³/mol. The summed E-state index contributed by atoms with van der Waals surface area (Å²) in [4.78, 5) is 23.5. The average molecular weight is 427 g/mol. The van der Waals surface area contributed by atoms with Crippen LogP contribution in [0.4, 0.5) is 5.82 Å². The van der Waals surface area contributed by atoms with Gasteiger partial charge in [-0.2, -0.15) is 0 Å². The van der Waals surface area contributed by atoms with Crippen molar-refractivity contribution in [3.63, 3.8) is 0 Å². The third kappa shape index (κ3) is 4.68. The Kier molecular flexibility index (Phi) is 6.15. The van der Waals surface area contributed by atoms with Crippen LogP contribution in [0.2, 0.25) is 0 Å². The van der Waals surface area contributed by atoms with Crippen molar-refractivity contribution in [1.82, 2.24) is 14.9 Å². The van der Waals surface area contributed by atoms with Crippen molar-refractivity contribution in [2.75, 3.05) is 33.0 Å². The zero-order valence-corrected chi connectivity index (χ0v) is 18.3. The van der Waals surface area contributed by atoms with Crippen LogP contribution in [0.3, 0.4) is 0 Å². The fraction of sp³-hybridized carbons (Fsp3) is 0.522. The summed E-state index contributed by atoms with van der Waals surface area (Å²) >= 11 is 0. The lowest BCUT2D eigenvalue weighted by Crippen LogP contribution is -2.38. The van der Waals surface area contributed by atoms with E-state index >= 15 is 0 Å². The highest BCUT2D eigenvalue weighted by Crippen LogP contribution is 2.37. The van der Waals surface area contributed by atoms with Gasteiger partial charge >= 0.3 is 0 Å². The van der Waals surface area contributed by atoms with Crippen LogP contribution in [0.1, 0.15) is 54.6 Å². The first kappa shape index (κ1) is 21.2. The van der Waals surface area contributed by atoms with Crippen LogP contribution < -0.4 is 19.9 Å². The van der Waals surface area contributed by atoms with Gasteiger partial charge in [0.25, 0.3) is 5.91 Å². The Balaban J connectivity index is 1.41. The first-order valence-electron chi connectivity index (χ1n) is 10.8. The summed E-state index contributed by atoms with van der Waals surface area (Å²) in [5.41, 5.74) is 7.17. The summed E-state index contributed by atoms with van der Waals surface area (Å²) in [5.74, 6) is 3.09. The van der Waals surface area contributed by atoms with Crippen molar-refractivity contribution >= 4 is 11.7 Å². The monoisotopic (exact) mass is 426 g/mol. The molecule has 0 unspecified atom stereocenters. The van der Waals surface area contributed by atoms with E-state index in [9.17, 15) is 4.79 Å². The molecule has 166 valence electrons. The molecule has 0 bridgehead atoms. The molecule has 1 amide bonds. The zero-order chi connectivity index (χ0) is 22.0. The highest BCUT2D eigenvalue weighted by Gasteiger charge is 2.31. The van der Waals surface area contributed by atoms with Crippen molar-refractivity contribution in [2.24, 2.45) is 5.92 Å². The number of methoxy groups -OCH3 is 2. The summed E-state index contributed by atoms with van der Waals surface area (Å²) in [6.45, 7) is 3.34. The maximum absolute atomic E-state index is 13.0. The van der Waals surface area contributed by atoms with E-state index in [4.69, 9.17) is 19.9 Å². The van der Waals surface area contributed by atoms with Gasteiger partial charge in [0.05, 0.1) is 26.5 Å². The molecule has 2 aromatic rings. The van der Waals surface area contributed by atoms with E-state index in [2.05, 4.69) is 16.9 Å². The fourth-order valence-electron chi connectivity index (χ4n) is 4.15. The highest BCUT2D eigenvalue weighted by molar-refractivity contribution is 5.93. The number of nitrogen functional groups attached to an aromatic ring is 1. The number of carbonyl (C=O) groups excluding carboxylic acids is 1. The van der Waals surface area contributed by atoms with Gasteiger partial charge in [0.1, 0.15) is 17.3 Å². The molecule has 0 spiro atoms. The van der Waals surface area contributed by atoms with E-state index in [0.717, 1.165) is 24.2 Å². The zero-order valence-electron chi connectivity index (χ0n) is 18.3. The first-order valence-corrected chi connectivity index (χ1v) is 10.8. The maximum Gasteiger partial charge on any atom is 0.272 e. The summed E-state index contributed by atoms with van der Waals surface area (Å²) in [6, 6.07) is 3.42. The Hall–Kier alpha value is -3.03. The lowest BCUT2D eigenvalue weighted by molar-refractivity contribution is 0.0706. The molecular formula is C23H30N4O4. The Morgan fingerprint density at radius 2 is 1.74 bits per heavy atom. The number of anilines is 1. The molecule has 8 heteroatoms. The van der Waals surface area contributed by atoms with Crippen molar-refractivity contribution in [3.05, 3.63) is 35.8 Å². The molecule has 1 aliphatic heterocycles. The van der Waals surface area contributed by atoms with Crippen molar-refractivity contribution in [3.8, 4) is 17.2 Å². The summed E-state index contributed by atoms with van der Waals surface area (Å²) in [7, 11) is 3.21. The number of piperidine rings is 1. The van der Waals surface area contributed by atoms with Crippen LogP contribution in [0.15, 0.2) is 24.5 Å². The normalized spacial score (nSPS) is 17.8. The average Bonchev–Trinajstić information content (AvgIpc) is 3.64. The summed E-state index contributed by atoms with van der Waals surface area (Å²) in [5, 5.41) is 0. The van der Waals surface area contributed by atoms with Crippen LogP contribution in [-0.4, -0.2) is 54.2 Å². The Bertz CT molecular complexity index is 939. The summed E-state index contributed by atoms with van der Waals surface area (Å²) in [6.07, 6.45) is 7.54. The molecule has 0 radical (unpaired) electrons. The number of nitrogens with two attached hydrogens (primary N) is 1. The first-order chi connectivity index (χ1) is 15.0. The van der Waals surface area contributed by atoms with Crippen LogP contribution in [0.25, 0.3) is 0 Å². The number of ether oxygens (including phenoxy) is 3. The van der Waals surface area contributed by atoms with Crippen molar-refractivity contribution in [2.45, 2.75) is 44.6 Å². The molecular weight excluding hydrogens is 396 g/mol. The predicted octanol–water partition coefficient (Wildman–Crippen LogP) is 3.27. The van der Waals surface area contributed by atoms with Gasteiger partial charge in [0, 0.05) is 37.0 Å². The number of aromatic nitrogens is 2. The second-order valence-electron chi connectivity index (χ2n) is 8.30. The third-order valence-electron chi connectivity index (χ3n) is 6.23. The van der Waals surface area contributed by atoms with Crippen LogP contribution in [0.5, 0.6) is 17.2 Å². The van der Waals surface area contributed by atoms with Crippen molar-refractivity contribution < 1.29 is 19.0 Å². The number of rotatable bonds is 7. The van der Waals surface area contributed by atoms with Gasteiger partial charge in [-0.15, -0.1) is 0 Å². The number of pyridine rings is 2. The van der Waals surface area contributed by atoms with E-state index in [1.54, 1.807) is 38.7 Å². The molecule has 2 aliphatic rings. The van der Waals surface area contributed by atoms with E-state index in [1.807, 2.05) is 4.90 Å². The quantitative estimate of drug-likeness (QED) is 0.725. The number of nitrogens with zero attached hydrogens (tertiary/aromatic N) is 3. The lowest BCUT2D eigenvalue weighted by Gasteiger charge is -2.32. The van der Waals surface area contributed by atoms with Gasteiger partial charge in [-0.1, -0.05) is 0 Å². The van der Waals surface area contributed by atoms with Crippen molar-refractivity contribution in [1.29, 1.82) is 0 Å². The topological polar surface area (TPSA) is 99.8 Å². The van der Waals surface area contributed by atoms with Gasteiger partial charge in [-0.05, 0) is 44.4 Å². The minimum atomic E-state index is -0.0964. The third-order valence-corrected chi connectivity index (χ3v) is 6.23. The molecule has 1 saturated carbocycles. The van der Waals surface area contributed by atoms with E-state index in [0.29, 0.717) is 42.0 Å². The molecule has 2 N–H and O–H groups in total. The Labute approximate surface area is 182 Å². The number of amides is 1. The largest absolute Gasteiger partial charge is 0.496 e. The van der Waals surface area contributed by atoms with Crippen LogP contribution in [-0.2, 0) is 0 Å². The number of hydrogen-bond acceptors (Lipinski definition) is 7. The number of carbonyl (C=O) groups is 1. The van der Waals surface area contributed by atoms with Gasteiger partial charge in [-0.25, -0.2) is 9.97 Å². The van der Waals surface area contributed by atoms with Gasteiger partial charge in [-0.3, -0.25) is 4.79 Å². The van der Waals surface area contributed by atoms with Gasteiger partial charge in [0.2, 0.25) is 0 Å². The molecule has 1 atom stereocenters. The molecule has 1 saturated heterocycles. The minimum Gasteiger partial charge on any atom is -0.496 e. The molecule has 1 aliphatic carbocycles. The number of hydrogen-bond donors (Lipinski definition) is 1. The standard InChI is InChI=1S/C23H30N4O4/c1-14(15-4-5-15)31-21-13-25-18(10-20(21)30-3)23(28)27-8-6-16(7-9-27)17-12-26-22(24)11-19(17)29-2/h10-16H,4-9H2,1-3H3,(H2,24,26)/t14-/m1/s1. The number of likely N-dealkylation sites (tertiary alicyclic amines) is 1. The smallest absolute Gasteiger partial charge is 0.272 e. The molecule has 2 fully saturated rings. The lowest BCUT2D eigenvalue weighted by atomic mass is 9.89. The second kappa shape index (κ2) is 8.99. The Morgan fingerprint density at radius 3 is 2.39 bits per heavy atom. The maximum atomic E-state index is 13.0.